The van der Waals surface area contributed by atoms with Crippen LogP contribution in [0.5, 0.6) is 0 Å². The second-order valence-corrected chi connectivity index (χ2v) is 12.1. The summed E-state index contributed by atoms with van der Waals surface area (Å²) in [5.74, 6) is 0. The van der Waals surface area contributed by atoms with Gasteiger partial charge in [-0.05, 0) is 94.7 Å². The number of furan rings is 1. The first kappa shape index (κ1) is 24.2. The summed E-state index contributed by atoms with van der Waals surface area (Å²) < 4.78 is 8.90. The predicted octanol–water partition coefficient (Wildman–Crippen LogP) is 12.2. The largest absolute Gasteiger partial charge is 0.456 e. The van der Waals surface area contributed by atoms with Crippen LogP contribution in [0.1, 0.15) is 0 Å². The van der Waals surface area contributed by atoms with Gasteiger partial charge >= 0.3 is 0 Å². The molecule has 0 aliphatic rings. The maximum absolute atomic E-state index is 6.28. The van der Waals surface area contributed by atoms with Gasteiger partial charge in [-0.15, -0.1) is 11.3 Å². The van der Waals surface area contributed by atoms with Crippen LogP contribution in [-0.2, 0) is 0 Å². The second-order valence-electron chi connectivity index (χ2n) is 11.0. The van der Waals surface area contributed by atoms with E-state index in [0.29, 0.717) is 0 Å². The van der Waals surface area contributed by atoms with Crippen molar-refractivity contribution < 1.29 is 4.42 Å². The Hall–Kier alpha value is -5.38. The molecule has 2 heterocycles. The van der Waals surface area contributed by atoms with Crippen LogP contribution in [0.25, 0.3) is 64.0 Å². The van der Waals surface area contributed by atoms with Crippen molar-refractivity contribution in [2.45, 2.75) is 0 Å². The van der Waals surface area contributed by atoms with Gasteiger partial charge in [0, 0.05) is 48.0 Å². The van der Waals surface area contributed by atoms with E-state index in [0.717, 1.165) is 50.1 Å². The van der Waals surface area contributed by atoms with Gasteiger partial charge in [0.2, 0.25) is 0 Å². The van der Waals surface area contributed by atoms with Gasteiger partial charge in [0.1, 0.15) is 11.2 Å². The number of hydrogen-bond donors (Lipinski definition) is 0. The van der Waals surface area contributed by atoms with Crippen LogP contribution < -0.4 is 4.90 Å². The van der Waals surface area contributed by atoms with Gasteiger partial charge in [-0.25, -0.2) is 0 Å². The number of benzene rings is 7. The maximum atomic E-state index is 6.28. The Balaban J connectivity index is 1.19. The monoisotopic (exact) mass is 567 g/mol. The summed E-state index contributed by atoms with van der Waals surface area (Å²) in [7, 11) is 0. The molecule has 2 nitrogen and oxygen atoms in total. The zero-order valence-electron chi connectivity index (χ0n) is 23.2. The van der Waals surface area contributed by atoms with Gasteiger partial charge in [0.25, 0.3) is 0 Å². The third kappa shape index (κ3) is 4.01. The average Bonchev–Trinajstić information content (AvgIpc) is 3.61. The Labute approximate surface area is 252 Å². The SMILES string of the molecule is c1ccc(N(c2cccc(-c3ccc4oc5cc6ccccc6cc5c4c3)c2)c2ccc3sc4ccccc4c3c2)cc1. The van der Waals surface area contributed by atoms with E-state index in [2.05, 4.69) is 157 Å². The van der Waals surface area contributed by atoms with Gasteiger partial charge in [-0.2, -0.15) is 0 Å². The molecule has 9 aromatic rings. The first-order chi connectivity index (χ1) is 21.3. The number of thiophene rings is 1. The van der Waals surface area contributed by atoms with Crippen LogP contribution in [0.3, 0.4) is 0 Å². The average molecular weight is 568 g/mol. The molecule has 0 aliphatic carbocycles. The maximum Gasteiger partial charge on any atom is 0.136 e. The molecule has 0 spiro atoms. The highest BCUT2D eigenvalue weighted by molar-refractivity contribution is 7.25. The van der Waals surface area contributed by atoms with E-state index in [9.17, 15) is 0 Å². The minimum Gasteiger partial charge on any atom is -0.456 e. The zero-order chi connectivity index (χ0) is 28.3. The highest BCUT2D eigenvalue weighted by atomic mass is 32.1. The highest BCUT2D eigenvalue weighted by Gasteiger charge is 2.16. The molecular formula is C40H25NOS. The first-order valence-corrected chi connectivity index (χ1v) is 15.3. The number of anilines is 3. The van der Waals surface area contributed by atoms with Crippen molar-refractivity contribution in [3.8, 4) is 11.1 Å². The molecule has 7 aromatic carbocycles. The molecule has 0 aliphatic heterocycles. The molecule has 0 bridgehead atoms. The van der Waals surface area contributed by atoms with Crippen molar-refractivity contribution in [1.29, 1.82) is 0 Å². The molecular weight excluding hydrogens is 543 g/mol. The van der Waals surface area contributed by atoms with Crippen molar-refractivity contribution >= 4 is 81.3 Å². The molecule has 0 unspecified atom stereocenters. The van der Waals surface area contributed by atoms with Gasteiger partial charge < -0.3 is 9.32 Å². The van der Waals surface area contributed by atoms with Gasteiger partial charge in [0.05, 0.1) is 0 Å². The van der Waals surface area contributed by atoms with E-state index < -0.39 is 0 Å². The van der Waals surface area contributed by atoms with Crippen molar-refractivity contribution in [1.82, 2.24) is 0 Å². The van der Waals surface area contributed by atoms with Crippen LogP contribution in [0, 0.1) is 0 Å². The van der Waals surface area contributed by atoms with Crippen LogP contribution in [0.4, 0.5) is 17.1 Å². The summed E-state index contributed by atoms with van der Waals surface area (Å²) in [5, 5.41) is 7.29. The van der Waals surface area contributed by atoms with Crippen LogP contribution in [-0.4, -0.2) is 0 Å². The molecule has 43 heavy (non-hydrogen) atoms. The molecule has 0 saturated heterocycles. The number of para-hydroxylation sites is 1. The Kier molecular flexibility index (Phi) is 5.40. The molecule has 0 radical (unpaired) electrons. The lowest BCUT2D eigenvalue weighted by Gasteiger charge is -2.26. The van der Waals surface area contributed by atoms with Crippen LogP contribution in [0.15, 0.2) is 156 Å². The van der Waals surface area contributed by atoms with E-state index in [-0.39, 0.29) is 0 Å². The minimum atomic E-state index is 0.910. The number of hydrogen-bond acceptors (Lipinski definition) is 3. The van der Waals surface area contributed by atoms with Crippen molar-refractivity contribution in [2.75, 3.05) is 4.90 Å². The Morgan fingerprint density at radius 1 is 0.395 bits per heavy atom. The zero-order valence-corrected chi connectivity index (χ0v) is 24.0. The molecule has 9 rings (SSSR count). The fourth-order valence-corrected chi connectivity index (χ4v) is 7.43. The standard InChI is InChI=1S/C40H25NOS/c1-2-12-30(13-3-1)41(32-18-20-40-36(25-32)33-15-6-7-16-39(33)43-40)31-14-8-11-26(21-31)29-17-19-37-34(23-29)35-22-27-9-4-5-10-28(27)24-38(35)42-37/h1-25H. The molecule has 0 amide bonds. The molecule has 0 fully saturated rings. The van der Waals surface area contributed by atoms with Gasteiger partial charge in [-0.1, -0.05) is 78.9 Å². The normalized spacial score (nSPS) is 11.7. The Morgan fingerprint density at radius 3 is 2.00 bits per heavy atom. The number of nitrogens with zero attached hydrogens (tertiary/aromatic N) is 1. The van der Waals surface area contributed by atoms with Crippen LogP contribution in [0.2, 0.25) is 0 Å². The fourth-order valence-electron chi connectivity index (χ4n) is 6.34. The summed E-state index contributed by atoms with van der Waals surface area (Å²) in [6, 6.07) is 54.4. The van der Waals surface area contributed by atoms with Gasteiger partial charge in [-0.3, -0.25) is 0 Å². The van der Waals surface area contributed by atoms with E-state index in [1.54, 1.807) is 0 Å². The minimum absolute atomic E-state index is 0.910. The predicted molar refractivity (Wildman–Crippen MR) is 184 cm³/mol. The summed E-state index contributed by atoms with van der Waals surface area (Å²) in [5.41, 5.74) is 7.55. The van der Waals surface area contributed by atoms with E-state index in [1.165, 1.54) is 30.9 Å². The number of rotatable bonds is 4. The quantitative estimate of drug-likeness (QED) is 0.210. The second kappa shape index (κ2) is 9.59. The molecule has 0 saturated carbocycles. The van der Waals surface area contributed by atoms with Crippen molar-refractivity contribution in [3.05, 3.63) is 152 Å². The smallest absolute Gasteiger partial charge is 0.136 e. The van der Waals surface area contributed by atoms with Crippen LogP contribution >= 0.6 is 11.3 Å². The summed E-state index contributed by atoms with van der Waals surface area (Å²) in [6.45, 7) is 0. The molecule has 2 aromatic heterocycles. The Bertz CT molecular complexity index is 2470. The van der Waals surface area contributed by atoms with E-state index >= 15 is 0 Å². The first-order valence-electron chi connectivity index (χ1n) is 14.5. The third-order valence-corrected chi connectivity index (χ3v) is 9.56. The fraction of sp³-hybridized carbons (Fsp3) is 0. The number of fused-ring (bicyclic) bond motifs is 7. The van der Waals surface area contributed by atoms with Gasteiger partial charge in [0.15, 0.2) is 0 Å². The topological polar surface area (TPSA) is 16.4 Å². The van der Waals surface area contributed by atoms with E-state index in [4.69, 9.17) is 4.42 Å². The molecule has 0 N–H and O–H groups in total. The lowest BCUT2D eigenvalue weighted by atomic mass is 10.0. The Morgan fingerprint density at radius 2 is 1.09 bits per heavy atom. The highest BCUT2D eigenvalue weighted by Crippen LogP contribution is 2.42. The third-order valence-electron chi connectivity index (χ3n) is 8.41. The molecule has 0 atom stereocenters. The lowest BCUT2D eigenvalue weighted by Crippen LogP contribution is -2.09. The molecule has 3 heteroatoms. The van der Waals surface area contributed by atoms with E-state index in [1.807, 2.05) is 11.3 Å². The summed E-state index contributed by atoms with van der Waals surface area (Å²) in [6.07, 6.45) is 0. The summed E-state index contributed by atoms with van der Waals surface area (Å²) in [4.78, 5) is 2.35. The van der Waals surface area contributed by atoms with Crippen molar-refractivity contribution in [2.24, 2.45) is 0 Å². The molecule has 202 valence electrons. The van der Waals surface area contributed by atoms with Crippen molar-refractivity contribution in [3.63, 3.8) is 0 Å². The summed E-state index contributed by atoms with van der Waals surface area (Å²) >= 11 is 1.85. The lowest BCUT2D eigenvalue weighted by molar-refractivity contribution is 0.669.